The first-order valence-electron chi connectivity index (χ1n) is 3.27. The summed E-state index contributed by atoms with van der Waals surface area (Å²) in [6.45, 7) is 3.65. The highest BCUT2D eigenvalue weighted by Crippen LogP contribution is 2.22. The zero-order valence-corrected chi connectivity index (χ0v) is 7.34. The molecule has 0 bridgehead atoms. The van der Waals surface area contributed by atoms with Gasteiger partial charge in [-0.05, 0) is 25.1 Å². The second kappa shape index (κ2) is 3.98. The lowest BCUT2D eigenvalue weighted by Gasteiger charge is -2.05. The van der Waals surface area contributed by atoms with Crippen molar-refractivity contribution in [2.45, 2.75) is 18.9 Å². The zero-order chi connectivity index (χ0) is 7.40. The maximum Gasteiger partial charge on any atom is 0.220 e. The Balaban J connectivity index is 2.18. The van der Waals surface area contributed by atoms with Crippen LogP contribution in [0, 0.1) is 0 Å². The summed E-state index contributed by atoms with van der Waals surface area (Å²) in [5.74, 6) is 1.02. The van der Waals surface area contributed by atoms with Crippen molar-refractivity contribution in [3.63, 3.8) is 0 Å². The Hall–Kier alpha value is -0.0200. The molecule has 0 aliphatic carbocycles. The molecule has 1 rings (SSSR count). The minimum Gasteiger partial charge on any atom is -0.474 e. The molecule has 0 saturated carbocycles. The van der Waals surface area contributed by atoms with Crippen molar-refractivity contribution in [3.05, 3.63) is 12.7 Å². The highest BCUT2D eigenvalue weighted by molar-refractivity contribution is 8.22. The van der Waals surface area contributed by atoms with E-state index in [0.717, 1.165) is 18.6 Å². The summed E-state index contributed by atoms with van der Waals surface area (Å²) >= 11 is 6.49. The van der Waals surface area contributed by atoms with Crippen LogP contribution in [0.2, 0.25) is 0 Å². The third-order valence-corrected chi connectivity index (χ3v) is 2.66. The van der Waals surface area contributed by atoms with Crippen LogP contribution in [0.25, 0.3) is 0 Å². The molecule has 1 heterocycles. The van der Waals surface area contributed by atoms with E-state index in [2.05, 4.69) is 6.58 Å². The maximum atomic E-state index is 5.31. The quantitative estimate of drug-likeness (QED) is 0.480. The Morgan fingerprint density at radius 1 is 1.90 bits per heavy atom. The predicted octanol–water partition coefficient (Wildman–Crippen LogP) is 2.37. The molecule has 1 aliphatic heterocycles. The summed E-state index contributed by atoms with van der Waals surface area (Å²) in [6.07, 6.45) is 4.33. The van der Waals surface area contributed by atoms with Crippen molar-refractivity contribution in [1.82, 2.24) is 0 Å². The van der Waals surface area contributed by atoms with Gasteiger partial charge >= 0.3 is 0 Å². The van der Waals surface area contributed by atoms with Gasteiger partial charge in [0, 0.05) is 5.75 Å². The number of hydrogen-bond acceptors (Lipinski definition) is 3. The fraction of sp³-hybridized carbons (Fsp3) is 0.571. The van der Waals surface area contributed by atoms with E-state index in [-0.39, 0.29) is 0 Å². The normalized spacial score (nSPS) is 24.4. The molecular weight excluding hydrogens is 164 g/mol. The van der Waals surface area contributed by atoms with Crippen molar-refractivity contribution >= 4 is 28.4 Å². The summed E-state index contributed by atoms with van der Waals surface area (Å²) in [6, 6.07) is 0. The van der Waals surface area contributed by atoms with E-state index in [1.54, 1.807) is 11.8 Å². The second-order valence-corrected chi connectivity index (χ2v) is 3.79. The number of rotatable bonds is 3. The first-order chi connectivity index (χ1) is 4.83. The van der Waals surface area contributed by atoms with Crippen LogP contribution in [-0.4, -0.2) is 16.2 Å². The molecule has 10 heavy (non-hydrogen) atoms. The lowest BCUT2D eigenvalue weighted by molar-refractivity contribution is 0.226. The fourth-order valence-electron chi connectivity index (χ4n) is 0.811. The fourth-order valence-corrected chi connectivity index (χ4v) is 1.91. The second-order valence-electron chi connectivity index (χ2n) is 2.17. The van der Waals surface area contributed by atoms with Crippen molar-refractivity contribution in [2.24, 2.45) is 0 Å². The third kappa shape index (κ3) is 2.31. The first-order valence-corrected chi connectivity index (χ1v) is 4.66. The average molecular weight is 174 g/mol. The predicted molar refractivity (Wildman–Crippen MR) is 49.4 cm³/mol. The largest absolute Gasteiger partial charge is 0.474 e. The van der Waals surface area contributed by atoms with Gasteiger partial charge in [0.1, 0.15) is 6.10 Å². The number of thiocarbonyl (C=S) groups is 1. The van der Waals surface area contributed by atoms with E-state index < -0.39 is 0 Å². The van der Waals surface area contributed by atoms with Gasteiger partial charge in [0.05, 0.1) is 0 Å². The summed E-state index contributed by atoms with van der Waals surface area (Å²) < 4.78 is 6.01. The first kappa shape index (κ1) is 8.08. The molecule has 0 aromatic carbocycles. The van der Waals surface area contributed by atoms with Gasteiger partial charge in [0.25, 0.3) is 0 Å². The Bertz CT molecular complexity index is 145. The third-order valence-electron chi connectivity index (χ3n) is 1.34. The van der Waals surface area contributed by atoms with Crippen molar-refractivity contribution in [2.75, 3.05) is 5.75 Å². The summed E-state index contributed by atoms with van der Waals surface area (Å²) in [4.78, 5) is 0. The molecule has 1 aliphatic rings. The van der Waals surface area contributed by atoms with E-state index in [4.69, 9.17) is 17.0 Å². The minimum absolute atomic E-state index is 0.343. The maximum absolute atomic E-state index is 5.31. The van der Waals surface area contributed by atoms with Crippen LogP contribution < -0.4 is 0 Å². The van der Waals surface area contributed by atoms with Gasteiger partial charge in [-0.1, -0.05) is 17.8 Å². The van der Waals surface area contributed by atoms with E-state index in [0.29, 0.717) is 10.5 Å². The van der Waals surface area contributed by atoms with E-state index in [1.807, 2.05) is 6.08 Å². The summed E-state index contributed by atoms with van der Waals surface area (Å²) in [5.41, 5.74) is 0. The molecule has 0 N–H and O–H groups in total. The van der Waals surface area contributed by atoms with E-state index >= 15 is 0 Å². The van der Waals surface area contributed by atoms with Gasteiger partial charge in [-0.15, -0.1) is 6.58 Å². The molecular formula is C7H10OS2. The average Bonchev–Trinajstić information content (AvgIpc) is 2.31. The van der Waals surface area contributed by atoms with E-state index in [1.165, 1.54) is 0 Å². The molecule has 0 amide bonds. The van der Waals surface area contributed by atoms with E-state index in [9.17, 15) is 0 Å². The molecule has 1 saturated heterocycles. The van der Waals surface area contributed by atoms with Crippen LogP contribution in [0.5, 0.6) is 0 Å². The number of ether oxygens (including phenoxy) is 1. The number of allylic oxidation sites excluding steroid dienone is 1. The number of thioether (sulfide) groups is 1. The summed E-state index contributed by atoms with van der Waals surface area (Å²) in [5, 5.41) is 0. The van der Waals surface area contributed by atoms with Crippen molar-refractivity contribution in [3.8, 4) is 0 Å². The lowest BCUT2D eigenvalue weighted by Crippen LogP contribution is -2.07. The SMILES string of the molecule is C=CCCC1CSC(=S)O1. The molecule has 1 atom stereocenters. The molecule has 0 radical (unpaired) electrons. The molecule has 1 unspecified atom stereocenters. The minimum atomic E-state index is 0.343. The Kier molecular flexibility index (Phi) is 3.22. The van der Waals surface area contributed by atoms with Crippen LogP contribution in [0.15, 0.2) is 12.7 Å². The molecule has 1 fully saturated rings. The molecule has 0 aromatic rings. The Labute approximate surface area is 70.8 Å². The van der Waals surface area contributed by atoms with Gasteiger partial charge in [0.2, 0.25) is 4.38 Å². The highest BCUT2D eigenvalue weighted by atomic mass is 32.2. The van der Waals surface area contributed by atoms with Crippen molar-refractivity contribution < 1.29 is 4.74 Å². The van der Waals surface area contributed by atoms with Gasteiger partial charge in [0.15, 0.2) is 0 Å². The van der Waals surface area contributed by atoms with Crippen LogP contribution in [0.3, 0.4) is 0 Å². The lowest BCUT2D eigenvalue weighted by atomic mass is 10.2. The molecule has 1 nitrogen and oxygen atoms in total. The molecule has 3 heteroatoms. The summed E-state index contributed by atoms with van der Waals surface area (Å²) in [7, 11) is 0. The van der Waals surface area contributed by atoms with Gasteiger partial charge in [-0.2, -0.15) is 0 Å². The smallest absolute Gasteiger partial charge is 0.220 e. The van der Waals surface area contributed by atoms with Crippen LogP contribution in [0.1, 0.15) is 12.8 Å². The topological polar surface area (TPSA) is 9.23 Å². The van der Waals surface area contributed by atoms with Gasteiger partial charge in [-0.25, -0.2) is 0 Å². The molecule has 0 spiro atoms. The zero-order valence-electron chi connectivity index (χ0n) is 5.71. The van der Waals surface area contributed by atoms with Crippen molar-refractivity contribution in [1.29, 1.82) is 0 Å². The monoisotopic (exact) mass is 174 g/mol. The van der Waals surface area contributed by atoms with Crippen LogP contribution in [-0.2, 0) is 4.74 Å². The highest BCUT2D eigenvalue weighted by Gasteiger charge is 2.19. The molecule has 0 aromatic heterocycles. The Morgan fingerprint density at radius 2 is 2.70 bits per heavy atom. The van der Waals surface area contributed by atoms with Crippen LogP contribution in [0.4, 0.5) is 0 Å². The van der Waals surface area contributed by atoms with Gasteiger partial charge in [-0.3, -0.25) is 0 Å². The Morgan fingerprint density at radius 3 is 3.20 bits per heavy atom. The van der Waals surface area contributed by atoms with Gasteiger partial charge < -0.3 is 4.74 Å². The van der Waals surface area contributed by atoms with Crippen LogP contribution >= 0.6 is 24.0 Å². The number of hydrogen-bond donors (Lipinski definition) is 0. The standard InChI is InChI=1S/C7H10OS2/c1-2-3-4-6-5-10-7(9)8-6/h2,6H,1,3-5H2. The molecule has 56 valence electrons.